The molecule has 1 aromatic heterocycles. The first-order chi connectivity index (χ1) is 5.74. The summed E-state index contributed by atoms with van der Waals surface area (Å²) in [7, 11) is 1.38. The molecular formula is C7H9NO2S2. The molecule has 0 bridgehead atoms. The Morgan fingerprint density at radius 2 is 2.58 bits per heavy atom. The molecule has 1 rings (SSSR count). The van der Waals surface area contributed by atoms with E-state index in [0.29, 0.717) is 5.75 Å². The fourth-order valence-electron chi connectivity index (χ4n) is 0.606. The molecule has 0 amide bonds. The zero-order valence-corrected chi connectivity index (χ0v) is 8.21. The van der Waals surface area contributed by atoms with Crippen LogP contribution in [0.5, 0.6) is 0 Å². The Labute approximate surface area is 78.9 Å². The predicted octanol–water partition coefficient (Wildman–Crippen LogP) is 1.60. The number of methoxy groups -OCH3 is 1. The number of ether oxygens (including phenoxy) is 1. The number of hydrogen-bond donors (Lipinski definition) is 1. The van der Waals surface area contributed by atoms with Crippen LogP contribution < -0.4 is 5.73 Å². The Hall–Kier alpha value is -0.680. The van der Waals surface area contributed by atoms with Gasteiger partial charge in [-0.15, -0.1) is 23.1 Å². The summed E-state index contributed by atoms with van der Waals surface area (Å²) in [5.41, 5.74) is 6.34. The Morgan fingerprint density at radius 3 is 3.08 bits per heavy atom. The number of carbonyl (C=O) groups excluding carboxylic acids is 1. The van der Waals surface area contributed by atoms with Gasteiger partial charge in [0.15, 0.2) is 0 Å². The number of hydrogen-bond acceptors (Lipinski definition) is 5. The van der Waals surface area contributed by atoms with Crippen LogP contribution in [0.1, 0.15) is 0 Å². The molecule has 0 unspecified atom stereocenters. The molecule has 0 aromatic carbocycles. The fourth-order valence-corrected chi connectivity index (χ4v) is 2.37. The second-order valence-corrected chi connectivity index (χ2v) is 4.19. The molecule has 12 heavy (non-hydrogen) atoms. The molecule has 0 saturated heterocycles. The molecule has 0 atom stereocenters. The van der Waals surface area contributed by atoms with E-state index in [9.17, 15) is 4.79 Å². The van der Waals surface area contributed by atoms with Gasteiger partial charge in [-0.05, 0) is 11.4 Å². The van der Waals surface area contributed by atoms with E-state index >= 15 is 0 Å². The quantitative estimate of drug-likeness (QED) is 0.599. The Kier molecular flexibility index (Phi) is 3.43. The molecule has 0 spiro atoms. The normalized spacial score (nSPS) is 9.75. The third kappa shape index (κ3) is 2.42. The standard InChI is InChI=1S/C7H9NO2S2/c1-10-6(9)4-12-7-5(8)2-3-11-7/h2-3H,4,8H2,1H3. The lowest BCUT2D eigenvalue weighted by Crippen LogP contribution is -2.02. The zero-order valence-electron chi connectivity index (χ0n) is 6.57. The second kappa shape index (κ2) is 4.37. The van der Waals surface area contributed by atoms with E-state index in [1.165, 1.54) is 30.2 Å². The minimum absolute atomic E-state index is 0.229. The molecule has 0 aliphatic carbocycles. The molecule has 5 heteroatoms. The summed E-state index contributed by atoms with van der Waals surface area (Å²) in [4.78, 5) is 10.7. The van der Waals surface area contributed by atoms with Gasteiger partial charge in [-0.2, -0.15) is 0 Å². The molecule has 0 saturated carbocycles. The van der Waals surface area contributed by atoms with Gasteiger partial charge in [0.2, 0.25) is 0 Å². The van der Waals surface area contributed by atoms with E-state index in [4.69, 9.17) is 5.73 Å². The van der Waals surface area contributed by atoms with Gasteiger partial charge in [0.1, 0.15) is 0 Å². The van der Waals surface area contributed by atoms with Gasteiger partial charge in [0, 0.05) is 0 Å². The summed E-state index contributed by atoms with van der Waals surface area (Å²) in [5.74, 6) is 0.0918. The first kappa shape index (κ1) is 9.41. The van der Waals surface area contributed by atoms with Crippen LogP contribution in [0.4, 0.5) is 5.69 Å². The number of anilines is 1. The highest BCUT2D eigenvalue weighted by Gasteiger charge is 2.05. The molecular weight excluding hydrogens is 194 g/mol. The van der Waals surface area contributed by atoms with Crippen molar-refractivity contribution in [3.63, 3.8) is 0 Å². The topological polar surface area (TPSA) is 52.3 Å². The number of rotatable bonds is 3. The van der Waals surface area contributed by atoms with Gasteiger partial charge >= 0.3 is 5.97 Å². The highest BCUT2D eigenvalue weighted by molar-refractivity contribution is 8.01. The van der Waals surface area contributed by atoms with Crippen molar-refractivity contribution >= 4 is 34.8 Å². The molecule has 3 nitrogen and oxygen atoms in total. The highest BCUT2D eigenvalue weighted by Crippen LogP contribution is 2.30. The first-order valence-corrected chi connectivity index (χ1v) is 5.13. The van der Waals surface area contributed by atoms with Crippen molar-refractivity contribution in [2.24, 2.45) is 0 Å². The highest BCUT2D eigenvalue weighted by atomic mass is 32.2. The van der Waals surface area contributed by atoms with E-state index in [1.54, 1.807) is 0 Å². The van der Waals surface area contributed by atoms with E-state index in [-0.39, 0.29) is 5.97 Å². The van der Waals surface area contributed by atoms with Gasteiger partial charge in [-0.3, -0.25) is 4.79 Å². The average Bonchev–Trinajstić information content (AvgIpc) is 2.47. The van der Waals surface area contributed by atoms with E-state index in [2.05, 4.69) is 4.74 Å². The van der Waals surface area contributed by atoms with Crippen LogP contribution in [0, 0.1) is 0 Å². The smallest absolute Gasteiger partial charge is 0.316 e. The first-order valence-electron chi connectivity index (χ1n) is 3.26. The van der Waals surface area contributed by atoms with Crippen molar-refractivity contribution < 1.29 is 9.53 Å². The third-order valence-electron chi connectivity index (χ3n) is 1.21. The molecule has 1 aromatic rings. The predicted molar refractivity (Wildman–Crippen MR) is 51.5 cm³/mol. The van der Waals surface area contributed by atoms with Gasteiger partial charge in [-0.1, -0.05) is 0 Å². The molecule has 0 aliphatic heterocycles. The minimum Gasteiger partial charge on any atom is -0.468 e. The Bertz CT molecular complexity index is 272. The lowest BCUT2D eigenvalue weighted by Gasteiger charge is -1.97. The summed E-state index contributed by atoms with van der Waals surface area (Å²) in [5, 5.41) is 1.90. The minimum atomic E-state index is -0.229. The molecule has 2 N–H and O–H groups in total. The van der Waals surface area contributed by atoms with Crippen LogP contribution in [-0.2, 0) is 9.53 Å². The lowest BCUT2D eigenvalue weighted by molar-refractivity contribution is -0.137. The second-order valence-electron chi connectivity index (χ2n) is 2.03. The largest absolute Gasteiger partial charge is 0.468 e. The van der Waals surface area contributed by atoms with Crippen LogP contribution in [-0.4, -0.2) is 18.8 Å². The fraction of sp³-hybridized carbons (Fsp3) is 0.286. The van der Waals surface area contributed by atoms with Crippen molar-refractivity contribution in [1.29, 1.82) is 0 Å². The van der Waals surface area contributed by atoms with Crippen molar-refractivity contribution in [3.8, 4) is 0 Å². The van der Waals surface area contributed by atoms with Crippen LogP contribution in [0.25, 0.3) is 0 Å². The summed E-state index contributed by atoms with van der Waals surface area (Å²) >= 11 is 2.94. The Balaban J connectivity index is 2.43. The monoisotopic (exact) mass is 203 g/mol. The molecule has 1 heterocycles. The maximum absolute atomic E-state index is 10.7. The lowest BCUT2D eigenvalue weighted by atomic mass is 10.6. The van der Waals surface area contributed by atoms with E-state index in [1.807, 2.05) is 11.4 Å². The van der Waals surface area contributed by atoms with Crippen molar-refractivity contribution in [2.45, 2.75) is 4.21 Å². The van der Waals surface area contributed by atoms with Crippen molar-refractivity contribution in [2.75, 3.05) is 18.6 Å². The number of carbonyl (C=O) groups is 1. The van der Waals surface area contributed by atoms with E-state index in [0.717, 1.165) is 9.90 Å². The molecule has 0 fully saturated rings. The molecule has 0 aliphatic rings. The average molecular weight is 203 g/mol. The van der Waals surface area contributed by atoms with Crippen LogP contribution in [0.3, 0.4) is 0 Å². The number of thioether (sulfide) groups is 1. The van der Waals surface area contributed by atoms with Gasteiger partial charge in [0.25, 0.3) is 0 Å². The van der Waals surface area contributed by atoms with Crippen molar-refractivity contribution in [1.82, 2.24) is 0 Å². The Morgan fingerprint density at radius 1 is 1.83 bits per heavy atom. The number of nitrogen functional groups attached to an aromatic ring is 1. The van der Waals surface area contributed by atoms with Gasteiger partial charge in [-0.25, -0.2) is 0 Å². The van der Waals surface area contributed by atoms with Crippen LogP contribution >= 0.6 is 23.1 Å². The summed E-state index contributed by atoms with van der Waals surface area (Å²) in [6.45, 7) is 0. The third-order valence-corrected chi connectivity index (χ3v) is 3.45. The van der Waals surface area contributed by atoms with Gasteiger partial charge in [0.05, 0.1) is 22.8 Å². The van der Waals surface area contributed by atoms with E-state index < -0.39 is 0 Å². The zero-order chi connectivity index (χ0) is 8.97. The van der Waals surface area contributed by atoms with Crippen molar-refractivity contribution in [3.05, 3.63) is 11.4 Å². The summed E-state index contributed by atoms with van der Waals surface area (Å²) < 4.78 is 5.47. The summed E-state index contributed by atoms with van der Waals surface area (Å²) in [6.07, 6.45) is 0. The number of esters is 1. The van der Waals surface area contributed by atoms with Crippen LogP contribution in [0.2, 0.25) is 0 Å². The number of thiophene rings is 1. The molecule has 66 valence electrons. The SMILES string of the molecule is COC(=O)CSc1sccc1N. The number of nitrogens with two attached hydrogens (primary N) is 1. The van der Waals surface area contributed by atoms with Crippen LogP contribution in [0.15, 0.2) is 15.7 Å². The summed E-state index contributed by atoms with van der Waals surface area (Å²) in [6, 6.07) is 1.82. The molecule has 0 radical (unpaired) electrons. The maximum atomic E-state index is 10.7. The maximum Gasteiger partial charge on any atom is 0.316 e. The van der Waals surface area contributed by atoms with Gasteiger partial charge < -0.3 is 10.5 Å².